The maximum atomic E-state index is 11.7. The van der Waals surface area contributed by atoms with Crippen LogP contribution >= 0.6 is 11.8 Å². The first-order chi connectivity index (χ1) is 7.02. The van der Waals surface area contributed by atoms with Gasteiger partial charge in [0.1, 0.15) is 6.04 Å². The molecule has 6 heteroatoms. The lowest BCUT2D eigenvalue weighted by molar-refractivity contribution is -0.138. The van der Waals surface area contributed by atoms with Crippen LogP contribution in [-0.2, 0) is 4.79 Å². The van der Waals surface area contributed by atoms with E-state index in [0.29, 0.717) is 6.54 Å². The number of carboxylic acids is 1. The number of nitrogens with zero attached hydrogens (tertiary/aromatic N) is 1. The topological polar surface area (TPSA) is 69.6 Å². The highest BCUT2D eigenvalue weighted by atomic mass is 32.2. The van der Waals surface area contributed by atoms with Gasteiger partial charge in [-0.1, -0.05) is 0 Å². The van der Waals surface area contributed by atoms with Gasteiger partial charge >= 0.3 is 12.0 Å². The van der Waals surface area contributed by atoms with E-state index in [9.17, 15) is 9.59 Å². The number of carbonyl (C=O) groups excluding carboxylic acids is 1. The van der Waals surface area contributed by atoms with Gasteiger partial charge in [-0.05, 0) is 13.8 Å². The Morgan fingerprint density at radius 1 is 1.60 bits per heavy atom. The molecule has 1 fully saturated rings. The lowest BCUT2D eigenvalue weighted by Crippen LogP contribution is -2.52. The number of carbonyl (C=O) groups is 2. The second kappa shape index (κ2) is 5.25. The average molecular weight is 232 g/mol. The van der Waals surface area contributed by atoms with Crippen molar-refractivity contribution in [3.05, 3.63) is 0 Å². The predicted octanol–water partition coefficient (Wildman–Crippen LogP) is 0.606. The molecule has 15 heavy (non-hydrogen) atoms. The van der Waals surface area contributed by atoms with Crippen LogP contribution in [0.1, 0.15) is 13.8 Å². The van der Waals surface area contributed by atoms with Gasteiger partial charge in [-0.15, -0.1) is 0 Å². The van der Waals surface area contributed by atoms with E-state index in [4.69, 9.17) is 5.11 Å². The minimum absolute atomic E-state index is 0.171. The fraction of sp³-hybridized carbons (Fsp3) is 0.778. The molecule has 0 aromatic heterocycles. The van der Waals surface area contributed by atoms with E-state index in [1.54, 1.807) is 4.90 Å². The number of hydrogen-bond acceptors (Lipinski definition) is 3. The van der Waals surface area contributed by atoms with Crippen molar-refractivity contribution >= 4 is 23.8 Å². The molecule has 1 aliphatic rings. The Balaban J connectivity index is 2.48. The van der Waals surface area contributed by atoms with Gasteiger partial charge in [-0.25, -0.2) is 4.79 Å². The smallest absolute Gasteiger partial charge is 0.325 e. The van der Waals surface area contributed by atoms with Gasteiger partial charge < -0.3 is 15.3 Å². The lowest BCUT2D eigenvalue weighted by Gasteiger charge is -2.33. The van der Waals surface area contributed by atoms with E-state index in [0.717, 1.165) is 11.5 Å². The standard InChI is InChI=1S/C9H16N2O3S/c1-6-5-15-4-3-11(6)9(14)10-7(2)8(12)13/h6-7H,3-5H2,1-2H3,(H,10,14)(H,12,13)/t6?,7-/m0/s1. The Morgan fingerprint density at radius 3 is 2.80 bits per heavy atom. The summed E-state index contributed by atoms with van der Waals surface area (Å²) in [6.45, 7) is 4.12. The monoisotopic (exact) mass is 232 g/mol. The first-order valence-electron chi connectivity index (χ1n) is 4.90. The second-order valence-corrected chi connectivity index (χ2v) is 4.78. The van der Waals surface area contributed by atoms with Crippen molar-refractivity contribution in [2.75, 3.05) is 18.1 Å². The fourth-order valence-electron chi connectivity index (χ4n) is 1.36. The molecule has 1 heterocycles. The zero-order chi connectivity index (χ0) is 11.4. The van der Waals surface area contributed by atoms with Crippen LogP contribution in [0.3, 0.4) is 0 Å². The van der Waals surface area contributed by atoms with Gasteiger partial charge in [-0.3, -0.25) is 4.79 Å². The van der Waals surface area contributed by atoms with Crippen molar-refractivity contribution in [2.45, 2.75) is 25.9 Å². The van der Waals surface area contributed by atoms with Crippen molar-refractivity contribution in [2.24, 2.45) is 0 Å². The highest BCUT2D eigenvalue weighted by molar-refractivity contribution is 7.99. The van der Waals surface area contributed by atoms with Gasteiger partial charge in [0.2, 0.25) is 0 Å². The largest absolute Gasteiger partial charge is 0.480 e. The van der Waals surface area contributed by atoms with Crippen molar-refractivity contribution in [1.82, 2.24) is 10.2 Å². The van der Waals surface area contributed by atoms with Crippen LogP contribution in [0.5, 0.6) is 0 Å². The molecule has 0 aliphatic carbocycles. The summed E-state index contributed by atoms with van der Waals surface area (Å²) in [5.74, 6) is 0.816. The molecular weight excluding hydrogens is 216 g/mol. The lowest BCUT2D eigenvalue weighted by atomic mass is 10.3. The summed E-state index contributed by atoms with van der Waals surface area (Å²) in [6, 6.07) is -0.943. The Morgan fingerprint density at radius 2 is 2.27 bits per heavy atom. The third kappa shape index (κ3) is 3.30. The summed E-state index contributed by atoms with van der Waals surface area (Å²) in [5.41, 5.74) is 0. The van der Waals surface area contributed by atoms with Crippen molar-refractivity contribution in [1.29, 1.82) is 0 Å². The van der Waals surface area contributed by atoms with E-state index in [1.165, 1.54) is 6.92 Å². The average Bonchev–Trinajstić information content (AvgIpc) is 2.18. The summed E-state index contributed by atoms with van der Waals surface area (Å²) in [4.78, 5) is 23.9. The van der Waals surface area contributed by atoms with Gasteiger partial charge in [0, 0.05) is 24.1 Å². The SMILES string of the molecule is CC1CSCCN1C(=O)N[C@@H](C)C(=O)O. The fourth-order valence-corrected chi connectivity index (χ4v) is 2.37. The molecular formula is C9H16N2O3S. The molecule has 5 nitrogen and oxygen atoms in total. The third-order valence-corrected chi connectivity index (χ3v) is 3.53. The summed E-state index contributed by atoms with van der Waals surface area (Å²) >= 11 is 1.81. The van der Waals surface area contributed by atoms with E-state index in [1.807, 2.05) is 18.7 Å². The Bertz CT molecular complexity index is 260. The molecule has 0 spiro atoms. The van der Waals surface area contributed by atoms with Crippen LogP contribution in [0.2, 0.25) is 0 Å². The van der Waals surface area contributed by atoms with Gasteiger partial charge in [0.15, 0.2) is 0 Å². The number of hydrogen-bond donors (Lipinski definition) is 2. The zero-order valence-corrected chi connectivity index (χ0v) is 9.71. The summed E-state index contributed by atoms with van der Waals surface area (Å²) in [5, 5.41) is 11.1. The van der Waals surface area contributed by atoms with Crippen LogP contribution < -0.4 is 5.32 Å². The maximum Gasteiger partial charge on any atom is 0.325 e. The summed E-state index contributed by atoms with van der Waals surface area (Å²) in [6.07, 6.45) is 0. The van der Waals surface area contributed by atoms with Gasteiger partial charge in [0.25, 0.3) is 0 Å². The molecule has 86 valence electrons. The second-order valence-electron chi connectivity index (χ2n) is 3.63. The normalized spacial score (nSPS) is 23.3. The molecule has 2 atom stereocenters. The highest BCUT2D eigenvalue weighted by Gasteiger charge is 2.25. The van der Waals surface area contributed by atoms with E-state index >= 15 is 0 Å². The van der Waals surface area contributed by atoms with Gasteiger partial charge in [-0.2, -0.15) is 11.8 Å². The number of thioether (sulfide) groups is 1. The van der Waals surface area contributed by atoms with Crippen molar-refractivity contribution in [3.8, 4) is 0 Å². The summed E-state index contributed by atoms with van der Waals surface area (Å²) < 4.78 is 0. The van der Waals surface area contributed by atoms with Crippen LogP contribution in [0.15, 0.2) is 0 Å². The number of urea groups is 1. The molecule has 1 saturated heterocycles. The molecule has 2 N–H and O–H groups in total. The van der Waals surface area contributed by atoms with Crippen LogP contribution in [0.25, 0.3) is 0 Å². The number of nitrogens with one attached hydrogen (secondary N) is 1. The summed E-state index contributed by atoms with van der Waals surface area (Å²) in [7, 11) is 0. The zero-order valence-electron chi connectivity index (χ0n) is 8.90. The van der Waals surface area contributed by atoms with Crippen molar-refractivity contribution < 1.29 is 14.7 Å². The molecule has 0 saturated carbocycles. The van der Waals surface area contributed by atoms with E-state index in [2.05, 4.69) is 5.32 Å². The molecule has 0 aromatic carbocycles. The number of aliphatic carboxylic acids is 1. The van der Waals surface area contributed by atoms with Crippen LogP contribution in [0, 0.1) is 0 Å². The highest BCUT2D eigenvalue weighted by Crippen LogP contribution is 2.15. The number of rotatable bonds is 2. The van der Waals surface area contributed by atoms with Crippen LogP contribution in [0.4, 0.5) is 4.79 Å². The molecule has 1 rings (SSSR count). The third-order valence-electron chi connectivity index (χ3n) is 2.34. The molecule has 0 aromatic rings. The Hall–Kier alpha value is -0.910. The number of amides is 2. The van der Waals surface area contributed by atoms with Gasteiger partial charge in [0.05, 0.1) is 0 Å². The van der Waals surface area contributed by atoms with E-state index in [-0.39, 0.29) is 12.1 Å². The van der Waals surface area contributed by atoms with Crippen molar-refractivity contribution in [3.63, 3.8) is 0 Å². The quantitative estimate of drug-likeness (QED) is 0.731. The predicted molar refractivity (Wildman–Crippen MR) is 59.1 cm³/mol. The van der Waals surface area contributed by atoms with Crippen LogP contribution in [-0.4, -0.2) is 52.1 Å². The minimum Gasteiger partial charge on any atom is -0.480 e. The molecule has 1 unspecified atom stereocenters. The molecule has 0 bridgehead atoms. The molecule has 1 aliphatic heterocycles. The number of carboxylic acid groups (broad SMARTS) is 1. The Kier molecular flexibility index (Phi) is 4.26. The minimum atomic E-state index is -1.01. The van der Waals surface area contributed by atoms with E-state index < -0.39 is 12.0 Å². The maximum absolute atomic E-state index is 11.7. The first-order valence-corrected chi connectivity index (χ1v) is 6.05. The molecule has 0 radical (unpaired) electrons. The molecule has 2 amide bonds. The Labute approximate surface area is 93.2 Å². The first kappa shape index (κ1) is 12.2.